The van der Waals surface area contributed by atoms with Gasteiger partial charge in [-0.3, -0.25) is 4.79 Å². The van der Waals surface area contributed by atoms with Crippen LogP contribution in [0, 0.1) is 0 Å². The summed E-state index contributed by atoms with van der Waals surface area (Å²) in [6.07, 6.45) is 5.35. The summed E-state index contributed by atoms with van der Waals surface area (Å²) in [5, 5.41) is 1.41. The molecule has 1 amide bonds. The Bertz CT molecular complexity index is 636. The minimum Gasteiger partial charge on any atom is -0.398 e. The van der Waals surface area contributed by atoms with E-state index in [4.69, 9.17) is 17.3 Å². The van der Waals surface area contributed by atoms with Gasteiger partial charge in [-0.25, -0.2) is 0 Å². The fourth-order valence-corrected chi connectivity index (χ4v) is 3.57. The largest absolute Gasteiger partial charge is 0.398 e. The summed E-state index contributed by atoms with van der Waals surface area (Å²) in [7, 11) is 0. The van der Waals surface area contributed by atoms with Gasteiger partial charge in [-0.15, -0.1) is 0 Å². The van der Waals surface area contributed by atoms with Crippen molar-refractivity contribution < 1.29 is 4.79 Å². The van der Waals surface area contributed by atoms with Crippen LogP contribution >= 0.6 is 23.4 Å². The van der Waals surface area contributed by atoms with Crippen molar-refractivity contribution in [1.29, 1.82) is 0 Å². The molecular formula is C15H16ClN3OS. The Kier molecular flexibility index (Phi) is 4.22. The lowest BCUT2D eigenvalue weighted by molar-refractivity contribution is -0.113. The molecular weight excluding hydrogens is 306 g/mol. The molecule has 0 atom stereocenters. The molecule has 0 spiro atoms. The predicted molar refractivity (Wildman–Crippen MR) is 89.3 cm³/mol. The number of halogens is 1. The molecule has 0 aromatic heterocycles. The number of piperidine rings is 1. The van der Waals surface area contributed by atoms with Crippen molar-refractivity contribution >= 4 is 46.2 Å². The highest BCUT2D eigenvalue weighted by Gasteiger charge is 2.27. The number of benzene rings is 1. The van der Waals surface area contributed by atoms with E-state index < -0.39 is 0 Å². The van der Waals surface area contributed by atoms with Crippen molar-refractivity contribution in [3.8, 4) is 0 Å². The van der Waals surface area contributed by atoms with E-state index in [1.807, 2.05) is 0 Å². The van der Waals surface area contributed by atoms with Crippen molar-refractivity contribution in [2.24, 2.45) is 4.99 Å². The maximum Gasteiger partial charge on any atom is 0.286 e. The minimum atomic E-state index is -0.194. The van der Waals surface area contributed by atoms with Gasteiger partial charge in [-0.05, 0) is 55.3 Å². The van der Waals surface area contributed by atoms with Crippen LogP contribution < -0.4 is 5.73 Å². The summed E-state index contributed by atoms with van der Waals surface area (Å²) in [6.45, 7) is 1.96. The third-order valence-electron chi connectivity index (χ3n) is 3.57. The van der Waals surface area contributed by atoms with E-state index in [0.717, 1.165) is 36.7 Å². The second-order valence-electron chi connectivity index (χ2n) is 5.13. The number of amidine groups is 1. The first kappa shape index (κ1) is 14.5. The molecule has 0 unspecified atom stereocenters. The smallest absolute Gasteiger partial charge is 0.286 e. The topological polar surface area (TPSA) is 58.7 Å². The number of nitrogens with zero attached hydrogens (tertiary/aromatic N) is 2. The molecule has 2 N–H and O–H groups in total. The normalized spacial score (nSPS) is 21.0. The average Bonchev–Trinajstić information content (AvgIpc) is 2.85. The summed E-state index contributed by atoms with van der Waals surface area (Å²) in [4.78, 5) is 19.0. The van der Waals surface area contributed by atoms with Crippen LogP contribution in [0.2, 0.25) is 5.02 Å². The van der Waals surface area contributed by atoms with Gasteiger partial charge in [-0.2, -0.15) is 4.99 Å². The first-order valence-electron chi connectivity index (χ1n) is 6.96. The Hall–Kier alpha value is -1.46. The van der Waals surface area contributed by atoms with Gasteiger partial charge in [0.25, 0.3) is 5.91 Å². The molecule has 1 fully saturated rings. The fourth-order valence-electron chi connectivity index (χ4n) is 2.43. The molecule has 0 bridgehead atoms. The van der Waals surface area contributed by atoms with E-state index >= 15 is 0 Å². The molecule has 110 valence electrons. The van der Waals surface area contributed by atoms with Gasteiger partial charge >= 0.3 is 0 Å². The molecule has 1 aromatic carbocycles. The van der Waals surface area contributed by atoms with Crippen LogP contribution in [0.15, 0.2) is 28.1 Å². The standard InChI is InChI=1S/C15H16ClN3OS/c16-11-4-5-12(17)10(8-11)9-13-14(20)18-15(21-13)19-6-2-1-3-7-19/h4-5,8-9H,1-3,6-7,17H2/b13-9-. The van der Waals surface area contributed by atoms with Crippen LogP contribution in [-0.2, 0) is 4.79 Å². The Morgan fingerprint density at radius 2 is 2.05 bits per heavy atom. The molecule has 1 aromatic rings. The second-order valence-corrected chi connectivity index (χ2v) is 6.58. The number of carbonyl (C=O) groups is 1. The highest BCUT2D eigenvalue weighted by molar-refractivity contribution is 8.18. The Morgan fingerprint density at radius 1 is 1.29 bits per heavy atom. The number of thioether (sulfide) groups is 1. The highest BCUT2D eigenvalue weighted by Crippen LogP contribution is 2.32. The van der Waals surface area contributed by atoms with Gasteiger partial charge in [0.2, 0.25) is 0 Å². The van der Waals surface area contributed by atoms with Crippen LogP contribution in [0.5, 0.6) is 0 Å². The third kappa shape index (κ3) is 3.24. The molecule has 2 heterocycles. The first-order valence-corrected chi connectivity index (χ1v) is 8.15. The van der Waals surface area contributed by atoms with Crippen molar-refractivity contribution in [3.63, 3.8) is 0 Å². The Morgan fingerprint density at radius 3 is 2.81 bits per heavy atom. The zero-order valence-electron chi connectivity index (χ0n) is 11.5. The lowest BCUT2D eigenvalue weighted by Crippen LogP contribution is -2.33. The molecule has 4 nitrogen and oxygen atoms in total. The molecule has 21 heavy (non-hydrogen) atoms. The molecule has 3 rings (SSSR count). The number of nitrogens with two attached hydrogens (primary N) is 1. The monoisotopic (exact) mass is 321 g/mol. The zero-order chi connectivity index (χ0) is 14.8. The highest BCUT2D eigenvalue weighted by atomic mass is 35.5. The number of likely N-dealkylation sites (tertiary alicyclic amines) is 1. The number of rotatable bonds is 1. The number of hydrogen-bond acceptors (Lipinski definition) is 4. The quantitative estimate of drug-likeness (QED) is 0.636. The van der Waals surface area contributed by atoms with E-state index in [9.17, 15) is 4.79 Å². The first-order chi connectivity index (χ1) is 10.1. The van der Waals surface area contributed by atoms with Crippen LogP contribution in [0.4, 0.5) is 5.69 Å². The second kappa shape index (κ2) is 6.12. The maximum atomic E-state index is 12.1. The van der Waals surface area contributed by atoms with Crippen LogP contribution in [-0.4, -0.2) is 29.1 Å². The van der Waals surface area contributed by atoms with Gasteiger partial charge in [0.1, 0.15) is 0 Å². The zero-order valence-corrected chi connectivity index (χ0v) is 13.1. The summed E-state index contributed by atoms with van der Waals surface area (Å²) >= 11 is 7.40. The van der Waals surface area contributed by atoms with Gasteiger partial charge in [0.05, 0.1) is 4.91 Å². The van der Waals surface area contributed by atoms with Gasteiger partial charge < -0.3 is 10.6 Å². The van der Waals surface area contributed by atoms with E-state index in [2.05, 4.69) is 9.89 Å². The maximum absolute atomic E-state index is 12.1. The summed E-state index contributed by atoms with van der Waals surface area (Å²) in [6, 6.07) is 5.24. The Balaban J connectivity index is 1.80. The van der Waals surface area contributed by atoms with Gasteiger partial charge in [0, 0.05) is 29.4 Å². The lowest BCUT2D eigenvalue weighted by Gasteiger charge is -2.27. The average molecular weight is 322 g/mol. The molecule has 2 aliphatic heterocycles. The number of hydrogen-bond donors (Lipinski definition) is 1. The van der Waals surface area contributed by atoms with E-state index in [-0.39, 0.29) is 5.91 Å². The minimum absolute atomic E-state index is 0.194. The van der Waals surface area contributed by atoms with E-state index in [0.29, 0.717) is 15.6 Å². The fraction of sp³-hybridized carbons (Fsp3) is 0.333. The van der Waals surface area contributed by atoms with E-state index in [1.165, 1.54) is 18.2 Å². The number of nitrogen functional groups attached to an aromatic ring is 1. The lowest BCUT2D eigenvalue weighted by atomic mass is 10.1. The summed E-state index contributed by atoms with van der Waals surface area (Å²) in [5.41, 5.74) is 7.28. The van der Waals surface area contributed by atoms with Crippen molar-refractivity contribution in [2.45, 2.75) is 19.3 Å². The summed E-state index contributed by atoms with van der Waals surface area (Å²) in [5.74, 6) is -0.194. The predicted octanol–water partition coefficient (Wildman–Crippen LogP) is 3.38. The molecule has 0 aliphatic carbocycles. The number of aliphatic imine (C=N–C) groups is 1. The third-order valence-corrected chi connectivity index (χ3v) is 4.85. The van der Waals surface area contributed by atoms with Gasteiger partial charge in [0.15, 0.2) is 5.17 Å². The van der Waals surface area contributed by atoms with E-state index in [1.54, 1.807) is 24.3 Å². The Labute approximate surface area is 133 Å². The van der Waals surface area contributed by atoms with Crippen molar-refractivity contribution in [1.82, 2.24) is 4.90 Å². The number of carbonyl (C=O) groups excluding carboxylic acids is 1. The number of amides is 1. The van der Waals surface area contributed by atoms with Crippen LogP contribution in [0.25, 0.3) is 6.08 Å². The number of anilines is 1. The van der Waals surface area contributed by atoms with Gasteiger partial charge in [-0.1, -0.05) is 11.6 Å². The SMILES string of the molecule is Nc1ccc(Cl)cc1/C=C1\SC(N2CCCCC2)=NC1=O. The van der Waals surface area contributed by atoms with Crippen LogP contribution in [0.3, 0.4) is 0 Å². The molecule has 2 aliphatic rings. The molecule has 6 heteroatoms. The summed E-state index contributed by atoms with van der Waals surface area (Å²) < 4.78 is 0. The molecule has 1 saturated heterocycles. The van der Waals surface area contributed by atoms with Crippen molar-refractivity contribution in [3.05, 3.63) is 33.7 Å². The molecule has 0 radical (unpaired) electrons. The van der Waals surface area contributed by atoms with Crippen molar-refractivity contribution in [2.75, 3.05) is 18.8 Å². The molecule has 0 saturated carbocycles. The van der Waals surface area contributed by atoms with Crippen LogP contribution in [0.1, 0.15) is 24.8 Å².